The van der Waals surface area contributed by atoms with Crippen LogP contribution in [0.15, 0.2) is 23.0 Å². The van der Waals surface area contributed by atoms with E-state index in [4.69, 9.17) is 5.73 Å². The lowest BCUT2D eigenvalue weighted by molar-refractivity contribution is 0.216. The van der Waals surface area contributed by atoms with Crippen LogP contribution in [0.25, 0.3) is 11.0 Å². The molecule has 0 aliphatic heterocycles. The molecule has 0 spiro atoms. The molecule has 2 aromatic heterocycles. The van der Waals surface area contributed by atoms with Gasteiger partial charge in [-0.1, -0.05) is 32.9 Å². The van der Waals surface area contributed by atoms with Gasteiger partial charge in [-0.15, -0.1) is 10.2 Å². The Labute approximate surface area is 175 Å². The Kier molecular flexibility index (Phi) is 5.32. The molecular formula is C20H30N8O2. The SMILES string of the molecule is Cc1cccc2c1n(CC(C)(C)N)c(=O)n2C(=O)N[C@H](c1nnn(C)n1)C(C)(C)C. The van der Waals surface area contributed by atoms with E-state index in [1.54, 1.807) is 17.7 Å². The average molecular weight is 415 g/mol. The van der Waals surface area contributed by atoms with Crippen LogP contribution < -0.4 is 16.7 Å². The fraction of sp³-hybridized carbons (Fsp3) is 0.550. The van der Waals surface area contributed by atoms with Gasteiger partial charge in [0.25, 0.3) is 0 Å². The number of rotatable bonds is 4. The highest BCUT2D eigenvalue weighted by molar-refractivity contribution is 5.91. The number of nitrogens with two attached hydrogens (primary N) is 1. The van der Waals surface area contributed by atoms with E-state index in [9.17, 15) is 9.59 Å². The molecule has 2 heterocycles. The van der Waals surface area contributed by atoms with Gasteiger partial charge >= 0.3 is 11.7 Å². The Balaban J connectivity index is 2.12. The van der Waals surface area contributed by atoms with Gasteiger partial charge < -0.3 is 11.1 Å². The Morgan fingerprint density at radius 1 is 1.23 bits per heavy atom. The maximum atomic E-state index is 13.3. The summed E-state index contributed by atoms with van der Waals surface area (Å²) >= 11 is 0. The molecule has 0 saturated heterocycles. The zero-order valence-electron chi connectivity index (χ0n) is 18.6. The van der Waals surface area contributed by atoms with Gasteiger partial charge in [-0.3, -0.25) is 4.57 Å². The lowest BCUT2D eigenvalue weighted by Gasteiger charge is -2.28. The summed E-state index contributed by atoms with van der Waals surface area (Å²) in [6.07, 6.45) is 0. The molecule has 0 aliphatic rings. The number of benzene rings is 1. The fourth-order valence-electron chi connectivity index (χ4n) is 3.52. The maximum Gasteiger partial charge on any atom is 0.337 e. The quantitative estimate of drug-likeness (QED) is 0.669. The molecule has 1 atom stereocenters. The van der Waals surface area contributed by atoms with Crippen molar-refractivity contribution in [2.24, 2.45) is 18.2 Å². The highest BCUT2D eigenvalue weighted by Gasteiger charge is 2.33. The van der Waals surface area contributed by atoms with E-state index >= 15 is 0 Å². The third-order valence-electron chi connectivity index (χ3n) is 4.83. The number of aryl methyl sites for hydroxylation is 2. The van der Waals surface area contributed by atoms with Crippen LogP contribution >= 0.6 is 0 Å². The molecule has 3 aromatic rings. The molecule has 0 unspecified atom stereocenters. The summed E-state index contributed by atoms with van der Waals surface area (Å²) in [6.45, 7) is 11.8. The smallest absolute Gasteiger partial charge is 0.327 e. The van der Waals surface area contributed by atoms with Gasteiger partial charge in [0.1, 0.15) is 0 Å². The van der Waals surface area contributed by atoms with Crippen molar-refractivity contribution >= 4 is 17.1 Å². The predicted molar refractivity (Wildman–Crippen MR) is 114 cm³/mol. The molecule has 10 heteroatoms. The van der Waals surface area contributed by atoms with Crippen LogP contribution in [-0.2, 0) is 13.6 Å². The minimum atomic E-state index is -0.626. The Morgan fingerprint density at radius 2 is 1.90 bits per heavy atom. The zero-order valence-corrected chi connectivity index (χ0v) is 18.6. The first-order valence-electron chi connectivity index (χ1n) is 9.84. The van der Waals surface area contributed by atoms with Gasteiger partial charge in [0, 0.05) is 12.1 Å². The Bertz CT molecular complexity index is 1140. The number of imidazole rings is 1. The molecule has 0 saturated carbocycles. The summed E-state index contributed by atoms with van der Waals surface area (Å²) in [5.41, 5.74) is 6.83. The molecular weight excluding hydrogens is 384 g/mol. The highest BCUT2D eigenvalue weighted by Crippen LogP contribution is 2.30. The molecule has 10 nitrogen and oxygen atoms in total. The number of hydrogen-bond acceptors (Lipinski definition) is 6. The van der Waals surface area contributed by atoms with E-state index in [2.05, 4.69) is 20.7 Å². The van der Waals surface area contributed by atoms with Crippen molar-refractivity contribution in [2.75, 3.05) is 0 Å². The summed E-state index contributed by atoms with van der Waals surface area (Å²) in [5, 5.41) is 15.1. The predicted octanol–water partition coefficient (Wildman–Crippen LogP) is 1.72. The molecule has 1 aromatic carbocycles. The summed E-state index contributed by atoms with van der Waals surface area (Å²) in [7, 11) is 1.66. The number of hydrogen-bond donors (Lipinski definition) is 2. The lowest BCUT2D eigenvalue weighted by Crippen LogP contribution is -2.45. The average Bonchev–Trinajstić information content (AvgIpc) is 3.13. The van der Waals surface area contributed by atoms with E-state index in [0.29, 0.717) is 16.9 Å². The topological polar surface area (TPSA) is 126 Å². The number of para-hydroxylation sites is 1. The molecule has 1 amide bonds. The molecule has 3 N–H and O–H groups in total. The van der Waals surface area contributed by atoms with Crippen molar-refractivity contribution in [1.82, 2.24) is 34.7 Å². The summed E-state index contributed by atoms with van der Waals surface area (Å²) in [4.78, 5) is 28.0. The van der Waals surface area contributed by atoms with E-state index in [0.717, 1.165) is 10.1 Å². The lowest BCUT2D eigenvalue weighted by atomic mass is 9.86. The van der Waals surface area contributed by atoms with Crippen LogP contribution in [0.1, 0.15) is 52.0 Å². The normalized spacial score (nSPS) is 13.6. The third-order valence-corrected chi connectivity index (χ3v) is 4.83. The molecule has 0 bridgehead atoms. The van der Waals surface area contributed by atoms with Crippen LogP contribution in [0, 0.1) is 12.3 Å². The molecule has 0 radical (unpaired) electrons. The van der Waals surface area contributed by atoms with Crippen LogP contribution in [0.3, 0.4) is 0 Å². The van der Waals surface area contributed by atoms with Gasteiger partial charge in [0.2, 0.25) is 0 Å². The maximum absolute atomic E-state index is 13.3. The first-order valence-corrected chi connectivity index (χ1v) is 9.84. The number of amides is 1. The van der Waals surface area contributed by atoms with Gasteiger partial charge in [0.15, 0.2) is 5.82 Å². The number of carbonyl (C=O) groups excluding carboxylic acids is 1. The number of nitrogens with one attached hydrogen (secondary N) is 1. The largest absolute Gasteiger partial charge is 0.337 e. The monoisotopic (exact) mass is 414 g/mol. The molecule has 0 fully saturated rings. The second-order valence-corrected chi connectivity index (χ2v) is 9.52. The number of aromatic nitrogens is 6. The molecule has 162 valence electrons. The van der Waals surface area contributed by atoms with Crippen LogP contribution in [0.5, 0.6) is 0 Å². The van der Waals surface area contributed by atoms with Crippen molar-refractivity contribution in [3.63, 3.8) is 0 Å². The third kappa shape index (κ3) is 4.13. The number of carbonyl (C=O) groups is 1. The summed E-state index contributed by atoms with van der Waals surface area (Å²) < 4.78 is 2.72. The minimum absolute atomic E-state index is 0.280. The van der Waals surface area contributed by atoms with Gasteiger partial charge in [-0.2, -0.15) is 4.80 Å². The van der Waals surface area contributed by atoms with E-state index in [1.807, 2.05) is 53.7 Å². The Hall–Kier alpha value is -3.01. The van der Waals surface area contributed by atoms with Crippen molar-refractivity contribution in [3.05, 3.63) is 40.1 Å². The van der Waals surface area contributed by atoms with E-state index < -0.39 is 28.7 Å². The summed E-state index contributed by atoms with van der Waals surface area (Å²) in [6, 6.07) is 4.41. The second-order valence-electron chi connectivity index (χ2n) is 9.52. The number of nitrogens with zero attached hydrogens (tertiary/aromatic N) is 6. The zero-order chi connectivity index (χ0) is 22.4. The molecule has 3 rings (SSSR count). The van der Waals surface area contributed by atoms with Gasteiger partial charge in [-0.25, -0.2) is 14.2 Å². The van der Waals surface area contributed by atoms with E-state index in [-0.39, 0.29) is 6.54 Å². The van der Waals surface area contributed by atoms with Gasteiger partial charge in [0.05, 0.1) is 24.1 Å². The van der Waals surface area contributed by atoms with Crippen molar-refractivity contribution in [2.45, 2.75) is 59.7 Å². The second kappa shape index (κ2) is 7.35. The van der Waals surface area contributed by atoms with Crippen molar-refractivity contribution in [1.29, 1.82) is 0 Å². The van der Waals surface area contributed by atoms with E-state index in [1.165, 1.54) is 4.80 Å². The Morgan fingerprint density at radius 3 is 2.43 bits per heavy atom. The summed E-state index contributed by atoms with van der Waals surface area (Å²) in [5.74, 6) is 0.384. The first-order chi connectivity index (χ1) is 13.8. The first kappa shape index (κ1) is 21.7. The molecule has 0 aliphatic carbocycles. The van der Waals surface area contributed by atoms with Crippen molar-refractivity contribution in [3.8, 4) is 0 Å². The van der Waals surface area contributed by atoms with Crippen LogP contribution in [-0.4, -0.2) is 40.9 Å². The minimum Gasteiger partial charge on any atom is -0.327 e. The van der Waals surface area contributed by atoms with Crippen LogP contribution in [0.4, 0.5) is 4.79 Å². The number of fused-ring (bicyclic) bond motifs is 1. The number of tetrazole rings is 1. The van der Waals surface area contributed by atoms with Gasteiger partial charge in [-0.05, 0) is 43.0 Å². The standard InChI is InChI=1S/C20H30N8O2/c1-12-9-8-10-13-14(12)27(11-20(5,6)21)18(30)28(13)17(29)22-15(19(2,3)4)16-23-25-26(7)24-16/h8-10,15H,11,21H2,1-7H3,(H,22,29)/t15-/m1/s1. The highest BCUT2D eigenvalue weighted by atomic mass is 16.2. The molecule has 30 heavy (non-hydrogen) atoms. The van der Waals surface area contributed by atoms with Crippen LogP contribution in [0.2, 0.25) is 0 Å². The van der Waals surface area contributed by atoms with Crippen molar-refractivity contribution < 1.29 is 4.79 Å². The fourth-order valence-corrected chi connectivity index (χ4v) is 3.52.